The number of nitrogens with two attached hydrogens (primary N) is 1. The van der Waals surface area contributed by atoms with E-state index in [2.05, 4.69) is 24.4 Å². The third-order valence-electron chi connectivity index (χ3n) is 4.32. The van der Waals surface area contributed by atoms with Gasteiger partial charge in [0.1, 0.15) is 6.61 Å². The zero-order valence-electron chi connectivity index (χ0n) is 16.9. The molecule has 0 aromatic heterocycles. The summed E-state index contributed by atoms with van der Waals surface area (Å²) in [5.74, 6) is -0.258. The summed E-state index contributed by atoms with van der Waals surface area (Å²) in [6, 6.07) is 0. The van der Waals surface area contributed by atoms with E-state index in [0.717, 1.165) is 12.8 Å². The Kier molecular flexibility index (Phi) is 18.6. The van der Waals surface area contributed by atoms with E-state index in [9.17, 15) is 4.79 Å². The van der Waals surface area contributed by atoms with E-state index in [-0.39, 0.29) is 18.5 Å². The van der Waals surface area contributed by atoms with Crippen LogP contribution >= 0.6 is 0 Å². The molecule has 0 rings (SSSR count). The van der Waals surface area contributed by atoms with Gasteiger partial charge in [-0.1, -0.05) is 70.4 Å². The summed E-state index contributed by atoms with van der Waals surface area (Å²) in [5, 5.41) is 9.58. The van der Waals surface area contributed by atoms with Crippen LogP contribution in [0.5, 0.6) is 0 Å². The lowest BCUT2D eigenvalue weighted by Gasteiger charge is -2.06. The van der Waals surface area contributed by atoms with Gasteiger partial charge in [-0.2, -0.15) is 0 Å². The Morgan fingerprint density at radius 1 is 0.923 bits per heavy atom. The molecule has 0 aromatic carbocycles. The largest absolute Gasteiger partial charge is 0.464 e. The smallest absolute Gasteiger partial charge is 0.305 e. The third-order valence-corrected chi connectivity index (χ3v) is 4.32. The molecule has 0 saturated heterocycles. The van der Waals surface area contributed by atoms with Crippen LogP contribution in [0.3, 0.4) is 0 Å². The lowest BCUT2D eigenvalue weighted by Crippen LogP contribution is -2.33. The number of allylic oxidation sites excluding steroid dienone is 2. The molecule has 152 valence electrons. The molecule has 5 heteroatoms. The van der Waals surface area contributed by atoms with Crippen molar-refractivity contribution >= 4 is 11.9 Å². The van der Waals surface area contributed by atoms with Crippen molar-refractivity contribution in [3.8, 4) is 0 Å². The number of unbranched alkanes of at least 4 members (excludes halogenated alkanes) is 11. The maximum Gasteiger partial charge on any atom is 0.305 e. The average Bonchev–Trinajstić information content (AvgIpc) is 2.62. The van der Waals surface area contributed by atoms with E-state index >= 15 is 0 Å². The van der Waals surface area contributed by atoms with E-state index in [1.165, 1.54) is 70.6 Å². The quantitative estimate of drug-likeness (QED) is 0.104. The van der Waals surface area contributed by atoms with Gasteiger partial charge in [-0.25, -0.2) is 0 Å². The fourth-order valence-electron chi connectivity index (χ4n) is 2.76. The topological polar surface area (TPSA) is 88.2 Å². The van der Waals surface area contributed by atoms with Crippen LogP contribution in [-0.2, 0) is 9.53 Å². The summed E-state index contributed by atoms with van der Waals surface area (Å²) in [6.45, 7) is 2.92. The van der Waals surface area contributed by atoms with Crippen LogP contribution in [0, 0.1) is 5.41 Å². The lowest BCUT2D eigenvalue weighted by molar-refractivity contribution is -0.143. The Bertz CT molecular complexity index is 370. The zero-order chi connectivity index (χ0) is 19.3. The summed E-state index contributed by atoms with van der Waals surface area (Å²) in [7, 11) is 0. The number of esters is 1. The second-order valence-corrected chi connectivity index (χ2v) is 6.90. The summed E-state index contributed by atoms with van der Waals surface area (Å²) in [6.07, 6.45) is 21.4. The second-order valence-electron chi connectivity index (χ2n) is 6.90. The van der Waals surface area contributed by atoms with Gasteiger partial charge in [-0.15, -0.1) is 0 Å². The van der Waals surface area contributed by atoms with Gasteiger partial charge in [0.25, 0.3) is 0 Å². The number of ether oxygens (including phenoxy) is 1. The van der Waals surface area contributed by atoms with Gasteiger partial charge in [0.15, 0.2) is 5.96 Å². The minimum absolute atomic E-state index is 0.0988. The normalized spacial score (nSPS) is 11.0. The molecule has 0 atom stereocenters. The van der Waals surface area contributed by atoms with Gasteiger partial charge in [0, 0.05) is 6.42 Å². The Labute approximate surface area is 160 Å². The van der Waals surface area contributed by atoms with Crippen molar-refractivity contribution in [3.05, 3.63) is 12.2 Å². The third kappa shape index (κ3) is 20.5. The number of guanidine groups is 1. The Hall–Kier alpha value is -1.52. The number of nitrogens with one attached hydrogen (secondary N) is 2. The minimum Gasteiger partial charge on any atom is -0.464 e. The van der Waals surface area contributed by atoms with Crippen molar-refractivity contribution < 1.29 is 9.53 Å². The van der Waals surface area contributed by atoms with Gasteiger partial charge in [0.05, 0.1) is 6.54 Å². The van der Waals surface area contributed by atoms with Gasteiger partial charge in [-0.05, 0) is 32.1 Å². The molecular formula is C21H41N3O2. The summed E-state index contributed by atoms with van der Waals surface area (Å²) in [4.78, 5) is 11.5. The van der Waals surface area contributed by atoms with E-state index < -0.39 is 0 Å². The van der Waals surface area contributed by atoms with Crippen LogP contribution in [0.2, 0.25) is 0 Å². The molecule has 0 saturated carbocycles. The fourth-order valence-corrected chi connectivity index (χ4v) is 2.76. The molecule has 0 amide bonds. The number of rotatable bonds is 18. The SMILES string of the molecule is CCCCCCCCC=CCCCCCCCC(=O)OCCNC(=N)N. The average molecular weight is 368 g/mol. The van der Waals surface area contributed by atoms with Crippen molar-refractivity contribution in [2.24, 2.45) is 5.73 Å². The van der Waals surface area contributed by atoms with Crippen LogP contribution in [0.4, 0.5) is 0 Å². The molecule has 0 bridgehead atoms. The highest BCUT2D eigenvalue weighted by Crippen LogP contribution is 2.10. The highest BCUT2D eigenvalue weighted by Gasteiger charge is 2.02. The molecule has 0 aliphatic rings. The van der Waals surface area contributed by atoms with Crippen LogP contribution in [-0.4, -0.2) is 25.1 Å². The maximum atomic E-state index is 11.5. The molecule has 4 N–H and O–H groups in total. The van der Waals surface area contributed by atoms with Crippen molar-refractivity contribution in [2.45, 2.75) is 96.8 Å². The molecule has 0 unspecified atom stereocenters. The molecule has 0 heterocycles. The first-order valence-corrected chi connectivity index (χ1v) is 10.5. The Morgan fingerprint density at radius 3 is 2.04 bits per heavy atom. The predicted molar refractivity (Wildman–Crippen MR) is 110 cm³/mol. The Morgan fingerprint density at radius 2 is 1.46 bits per heavy atom. The van der Waals surface area contributed by atoms with Crippen molar-refractivity contribution in [1.82, 2.24) is 5.32 Å². The molecule has 0 aromatic rings. The lowest BCUT2D eigenvalue weighted by atomic mass is 10.1. The van der Waals surface area contributed by atoms with Crippen molar-refractivity contribution in [1.29, 1.82) is 5.41 Å². The molecule has 5 nitrogen and oxygen atoms in total. The first-order chi connectivity index (χ1) is 12.7. The summed E-state index contributed by atoms with van der Waals surface area (Å²) >= 11 is 0. The van der Waals surface area contributed by atoms with E-state index in [0.29, 0.717) is 13.0 Å². The van der Waals surface area contributed by atoms with Crippen molar-refractivity contribution in [2.75, 3.05) is 13.2 Å². The maximum absolute atomic E-state index is 11.5. The molecule has 0 aliphatic carbocycles. The van der Waals surface area contributed by atoms with Crippen LogP contribution in [0.1, 0.15) is 96.8 Å². The van der Waals surface area contributed by atoms with E-state index in [1.807, 2.05) is 0 Å². The zero-order valence-corrected chi connectivity index (χ0v) is 16.9. The monoisotopic (exact) mass is 367 g/mol. The number of hydrogen-bond donors (Lipinski definition) is 3. The summed E-state index contributed by atoms with van der Waals surface area (Å²) < 4.78 is 5.05. The van der Waals surface area contributed by atoms with Gasteiger partial charge in [-0.3, -0.25) is 10.2 Å². The van der Waals surface area contributed by atoms with E-state index in [1.54, 1.807) is 0 Å². The molecule has 0 aliphatic heterocycles. The fraction of sp³-hybridized carbons (Fsp3) is 0.810. The Balaban J connectivity index is 3.22. The number of carbonyl (C=O) groups is 1. The molecule has 0 radical (unpaired) electrons. The van der Waals surface area contributed by atoms with Gasteiger partial charge in [0.2, 0.25) is 0 Å². The second kappa shape index (κ2) is 19.8. The number of hydrogen-bond acceptors (Lipinski definition) is 3. The van der Waals surface area contributed by atoms with Crippen LogP contribution < -0.4 is 11.1 Å². The molecule has 0 fully saturated rings. The van der Waals surface area contributed by atoms with Gasteiger partial charge < -0.3 is 15.8 Å². The van der Waals surface area contributed by atoms with Crippen LogP contribution in [0.25, 0.3) is 0 Å². The minimum atomic E-state index is -0.159. The highest BCUT2D eigenvalue weighted by molar-refractivity contribution is 5.74. The van der Waals surface area contributed by atoms with Crippen LogP contribution in [0.15, 0.2) is 12.2 Å². The molecular weight excluding hydrogens is 326 g/mol. The first kappa shape index (κ1) is 24.5. The first-order valence-electron chi connectivity index (χ1n) is 10.5. The standard InChI is InChI=1S/C21H41N3O2/c1-2-3-4-5-6-7-8-9-10-11-12-13-14-15-16-17-20(25)26-19-18-24-21(22)23/h9-10H,2-8,11-19H2,1H3,(H4,22,23,24). The predicted octanol–water partition coefficient (Wildman–Crippen LogP) is 5.05. The molecule has 26 heavy (non-hydrogen) atoms. The van der Waals surface area contributed by atoms with Crippen molar-refractivity contribution in [3.63, 3.8) is 0 Å². The highest BCUT2D eigenvalue weighted by atomic mass is 16.5. The molecule has 0 spiro atoms. The van der Waals surface area contributed by atoms with Gasteiger partial charge >= 0.3 is 5.97 Å². The van der Waals surface area contributed by atoms with E-state index in [4.69, 9.17) is 15.9 Å². The summed E-state index contributed by atoms with van der Waals surface area (Å²) in [5.41, 5.74) is 5.14. The number of carbonyl (C=O) groups excluding carboxylic acids is 1.